The second-order valence-corrected chi connectivity index (χ2v) is 8.38. The van der Waals surface area contributed by atoms with E-state index in [1.807, 2.05) is 52.0 Å². The molecule has 3 rings (SSSR count). The first-order valence-electron chi connectivity index (χ1n) is 8.81. The number of rotatable bonds is 1. The Hall–Kier alpha value is -1.63. The zero-order valence-electron chi connectivity index (χ0n) is 15.4. The van der Waals surface area contributed by atoms with Crippen LogP contribution in [0, 0.1) is 0 Å². The third kappa shape index (κ3) is 3.81. The summed E-state index contributed by atoms with van der Waals surface area (Å²) in [7, 11) is 0. The third-order valence-electron chi connectivity index (χ3n) is 4.84. The molecular formula is C19H28N2O4. The van der Waals surface area contributed by atoms with Crippen molar-refractivity contribution in [3.63, 3.8) is 0 Å². The monoisotopic (exact) mass is 348 g/mol. The number of para-hydroxylation sites is 1. The fourth-order valence-electron chi connectivity index (χ4n) is 3.64. The number of hydrogen-bond donors (Lipinski definition) is 2. The number of aliphatic hydroxyl groups excluding tert-OH is 1. The lowest BCUT2D eigenvalue weighted by molar-refractivity contribution is 0.0244. The second kappa shape index (κ2) is 6.27. The number of anilines is 1. The summed E-state index contributed by atoms with van der Waals surface area (Å²) in [4.78, 5) is 16.4. The molecule has 0 saturated carbocycles. The Morgan fingerprint density at radius 1 is 1.32 bits per heavy atom. The molecule has 138 valence electrons. The summed E-state index contributed by atoms with van der Waals surface area (Å²) in [5, 5.41) is 21.2. The van der Waals surface area contributed by atoms with Crippen LogP contribution in [0.3, 0.4) is 0 Å². The van der Waals surface area contributed by atoms with E-state index >= 15 is 0 Å². The molecule has 1 amide bonds. The minimum atomic E-state index is -0.757. The van der Waals surface area contributed by atoms with E-state index in [9.17, 15) is 15.0 Å². The van der Waals surface area contributed by atoms with E-state index in [0.717, 1.165) is 5.56 Å². The van der Waals surface area contributed by atoms with Gasteiger partial charge in [0.05, 0.1) is 23.4 Å². The Bertz CT molecular complexity index is 653. The first-order chi connectivity index (χ1) is 11.6. The quantitative estimate of drug-likeness (QED) is 0.815. The number of aliphatic hydroxyl groups is 2. The van der Waals surface area contributed by atoms with Crippen LogP contribution in [-0.4, -0.2) is 58.1 Å². The van der Waals surface area contributed by atoms with E-state index in [-0.39, 0.29) is 6.04 Å². The fraction of sp³-hybridized carbons (Fsp3) is 0.632. The van der Waals surface area contributed by atoms with Gasteiger partial charge in [-0.3, -0.25) is 9.80 Å². The van der Waals surface area contributed by atoms with Gasteiger partial charge < -0.3 is 14.9 Å². The minimum absolute atomic E-state index is 0.267. The van der Waals surface area contributed by atoms with E-state index in [4.69, 9.17) is 4.74 Å². The first kappa shape index (κ1) is 18.2. The molecule has 1 fully saturated rings. The number of amides is 1. The first-order valence-corrected chi connectivity index (χ1v) is 8.81. The molecule has 3 atom stereocenters. The number of hydrogen-bond acceptors (Lipinski definition) is 5. The highest BCUT2D eigenvalue weighted by Gasteiger charge is 2.43. The van der Waals surface area contributed by atoms with E-state index in [0.29, 0.717) is 31.7 Å². The molecule has 6 nitrogen and oxygen atoms in total. The van der Waals surface area contributed by atoms with Gasteiger partial charge in [-0.05, 0) is 40.2 Å². The zero-order chi connectivity index (χ0) is 18.4. The summed E-state index contributed by atoms with van der Waals surface area (Å²) in [6, 6.07) is 7.12. The molecule has 0 radical (unpaired) electrons. The standard InChI is InChI=1S/C19H28N2O4/c1-18(2,3)25-17(23)21-11-15(20-10-9-19(4,24)12-20)16(22)13-7-5-6-8-14(13)21/h5-8,15-16,22,24H,9-12H2,1-4H3/t15-,16-,19-/m0/s1. The SMILES string of the molecule is CC(C)(C)OC(=O)N1C[C@H](N2CC[C@](C)(O)C2)[C@@H](O)c2ccccc21. The Kier molecular flexibility index (Phi) is 4.56. The smallest absolute Gasteiger partial charge is 0.414 e. The molecule has 1 saturated heterocycles. The molecule has 0 aliphatic carbocycles. The van der Waals surface area contributed by atoms with Crippen LogP contribution in [0.15, 0.2) is 24.3 Å². The van der Waals surface area contributed by atoms with Crippen LogP contribution in [-0.2, 0) is 4.74 Å². The second-order valence-electron chi connectivity index (χ2n) is 8.38. The van der Waals surface area contributed by atoms with Crippen molar-refractivity contribution in [2.24, 2.45) is 0 Å². The maximum atomic E-state index is 12.7. The Morgan fingerprint density at radius 3 is 2.60 bits per heavy atom. The van der Waals surface area contributed by atoms with Gasteiger partial charge >= 0.3 is 6.09 Å². The van der Waals surface area contributed by atoms with E-state index in [1.165, 1.54) is 0 Å². The van der Waals surface area contributed by atoms with Crippen LogP contribution in [0.1, 0.15) is 45.8 Å². The van der Waals surface area contributed by atoms with Gasteiger partial charge in [0.1, 0.15) is 5.60 Å². The molecule has 0 unspecified atom stereocenters. The number of carbonyl (C=O) groups is 1. The van der Waals surface area contributed by atoms with Crippen molar-refractivity contribution in [3.8, 4) is 0 Å². The van der Waals surface area contributed by atoms with Crippen molar-refractivity contribution in [3.05, 3.63) is 29.8 Å². The van der Waals surface area contributed by atoms with Gasteiger partial charge in [0.2, 0.25) is 0 Å². The van der Waals surface area contributed by atoms with Crippen LogP contribution in [0.25, 0.3) is 0 Å². The predicted molar refractivity (Wildman–Crippen MR) is 95.6 cm³/mol. The fourth-order valence-corrected chi connectivity index (χ4v) is 3.64. The summed E-state index contributed by atoms with van der Waals surface area (Å²) < 4.78 is 5.56. The number of benzene rings is 1. The van der Waals surface area contributed by atoms with Gasteiger partial charge in [0.15, 0.2) is 0 Å². The number of likely N-dealkylation sites (tertiary alicyclic amines) is 1. The highest BCUT2D eigenvalue weighted by atomic mass is 16.6. The molecule has 2 N–H and O–H groups in total. The number of ether oxygens (including phenoxy) is 1. The van der Waals surface area contributed by atoms with Crippen LogP contribution in [0.5, 0.6) is 0 Å². The van der Waals surface area contributed by atoms with E-state index < -0.39 is 23.4 Å². The molecule has 0 spiro atoms. The Morgan fingerprint density at radius 2 is 2.00 bits per heavy atom. The van der Waals surface area contributed by atoms with Crippen molar-refractivity contribution in [1.82, 2.24) is 4.90 Å². The molecule has 2 aliphatic rings. The van der Waals surface area contributed by atoms with Crippen LogP contribution < -0.4 is 4.90 Å². The summed E-state index contributed by atoms with van der Waals surface area (Å²) in [5.74, 6) is 0. The van der Waals surface area contributed by atoms with Gasteiger partial charge in [0, 0.05) is 25.2 Å². The average Bonchev–Trinajstić information content (AvgIpc) is 2.86. The zero-order valence-corrected chi connectivity index (χ0v) is 15.4. The molecule has 25 heavy (non-hydrogen) atoms. The highest BCUT2D eigenvalue weighted by molar-refractivity contribution is 5.90. The maximum absolute atomic E-state index is 12.7. The normalized spacial score (nSPS) is 30.2. The maximum Gasteiger partial charge on any atom is 0.414 e. The minimum Gasteiger partial charge on any atom is -0.443 e. The molecule has 2 heterocycles. The van der Waals surface area contributed by atoms with E-state index in [2.05, 4.69) is 4.90 Å². The lowest BCUT2D eigenvalue weighted by Crippen LogP contribution is -2.53. The van der Waals surface area contributed by atoms with Gasteiger partial charge in [-0.25, -0.2) is 4.79 Å². The number of fused-ring (bicyclic) bond motifs is 1. The molecule has 2 aliphatic heterocycles. The Labute approximate surface area is 149 Å². The van der Waals surface area contributed by atoms with Gasteiger partial charge in [-0.1, -0.05) is 18.2 Å². The summed E-state index contributed by atoms with van der Waals surface area (Å²) >= 11 is 0. The molecule has 1 aromatic rings. The van der Waals surface area contributed by atoms with Crippen LogP contribution in [0.2, 0.25) is 0 Å². The Balaban J connectivity index is 1.91. The highest BCUT2D eigenvalue weighted by Crippen LogP contribution is 2.38. The molecule has 0 bridgehead atoms. The largest absolute Gasteiger partial charge is 0.443 e. The van der Waals surface area contributed by atoms with Crippen molar-refractivity contribution >= 4 is 11.8 Å². The number of β-amino-alcohol motifs (C(OH)–C–C–N with tert-alkyl or cyclic N) is 1. The van der Waals surface area contributed by atoms with Gasteiger partial charge in [-0.15, -0.1) is 0 Å². The van der Waals surface area contributed by atoms with Crippen molar-refractivity contribution < 1.29 is 19.7 Å². The summed E-state index contributed by atoms with van der Waals surface area (Å²) in [6.07, 6.45) is -0.462. The molecule has 6 heteroatoms. The predicted octanol–water partition coefficient (Wildman–Crippen LogP) is 2.30. The third-order valence-corrected chi connectivity index (χ3v) is 4.84. The summed E-state index contributed by atoms with van der Waals surface area (Å²) in [6.45, 7) is 8.84. The van der Waals surface area contributed by atoms with Crippen LogP contribution >= 0.6 is 0 Å². The van der Waals surface area contributed by atoms with Gasteiger partial charge in [-0.2, -0.15) is 0 Å². The molecule has 1 aromatic carbocycles. The van der Waals surface area contributed by atoms with Crippen molar-refractivity contribution in [2.75, 3.05) is 24.5 Å². The number of carbonyl (C=O) groups excluding carboxylic acids is 1. The van der Waals surface area contributed by atoms with Crippen molar-refractivity contribution in [1.29, 1.82) is 0 Å². The van der Waals surface area contributed by atoms with Crippen LogP contribution in [0.4, 0.5) is 10.5 Å². The van der Waals surface area contributed by atoms with Crippen molar-refractivity contribution in [2.45, 2.75) is 57.5 Å². The molecular weight excluding hydrogens is 320 g/mol. The summed E-state index contributed by atoms with van der Waals surface area (Å²) in [5.41, 5.74) is 0.0603. The lowest BCUT2D eigenvalue weighted by Gasteiger charge is -2.42. The lowest BCUT2D eigenvalue weighted by atomic mass is 9.94. The number of nitrogens with zero attached hydrogens (tertiary/aromatic N) is 2. The van der Waals surface area contributed by atoms with Gasteiger partial charge in [0.25, 0.3) is 0 Å². The molecule has 0 aromatic heterocycles. The average molecular weight is 348 g/mol. The topological polar surface area (TPSA) is 73.2 Å². The van der Waals surface area contributed by atoms with E-state index in [1.54, 1.807) is 4.90 Å².